The molecule has 132 valence electrons. The van der Waals surface area contributed by atoms with Crippen LogP contribution in [0.1, 0.15) is 26.2 Å². The molecule has 0 spiro atoms. The van der Waals surface area contributed by atoms with E-state index < -0.39 is 0 Å². The molecule has 2 atom stereocenters. The number of nitrogens with zero attached hydrogens (tertiary/aromatic N) is 2. The van der Waals surface area contributed by atoms with Gasteiger partial charge in [0.1, 0.15) is 5.75 Å². The van der Waals surface area contributed by atoms with Crippen molar-refractivity contribution >= 4 is 5.91 Å². The van der Waals surface area contributed by atoms with Crippen molar-refractivity contribution in [2.75, 3.05) is 39.5 Å². The van der Waals surface area contributed by atoms with E-state index in [-0.39, 0.29) is 5.91 Å². The Morgan fingerprint density at radius 2 is 2.08 bits per heavy atom. The Labute approximate surface area is 144 Å². The predicted molar refractivity (Wildman–Crippen MR) is 93.1 cm³/mol. The molecule has 0 aromatic heterocycles. The molecule has 0 unspecified atom stereocenters. The van der Waals surface area contributed by atoms with Crippen molar-refractivity contribution in [3.8, 4) is 5.75 Å². The summed E-state index contributed by atoms with van der Waals surface area (Å²) in [4.78, 5) is 17.0. The summed E-state index contributed by atoms with van der Waals surface area (Å²) < 4.78 is 11.4. The number of rotatable bonds is 6. The normalized spacial score (nSPS) is 24.5. The van der Waals surface area contributed by atoms with Gasteiger partial charge in [0.2, 0.25) is 5.91 Å². The molecule has 1 amide bonds. The Kier molecular flexibility index (Phi) is 6.10. The van der Waals surface area contributed by atoms with Crippen LogP contribution in [-0.4, -0.2) is 67.2 Å². The predicted octanol–water partition coefficient (Wildman–Crippen LogP) is 2.17. The maximum atomic E-state index is 12.5. The van der Waals surface area contributed by atoms with Crippen molar-refractivity contribution in [3.63, 3.8) is 0 Å². The van der Waals surface area contributed by atoms with E-state index in [1.54, 1.807) is 0 Å². The first-order chi connectivity index (χ1) is 11.8. The summed E-state index contributed by atoms with van der Waals surface area (Å²) in [6, 6.07) is 10.5. The Morgan fingerprint density at radius 1 is 1.25 bits per heavy atom. The molecular weight excluding hydrogens is 304 g/mol. The number of hydrogen-bond donors (Lipinski definition) is 0. The van der Waals surface area contributed by atoms with Crippen molar-refractivity contribution in [1.29, 1.82) is 0 Å². The number of hydrogen-bond acceptors (Lipinski definition) is 4. The summed E-state index contributed by atoms with van der Waals surface area (Å²) in [5, 5.41) is 0. The van der Waals surface area contributed by atoms with Gasteiger partial charge in [-0.2, -0.15) is 0 Å². The van der Waals surface area contributed by atoms with Crippen molar-refractivity contribution in [2.24, 2.45) is 0 Å². The second kappa shape index (κ2) is 8.49. The second-order valence-corrected chi connectivity index (χ2v) is 6.62. The molecular formula is C19H28N2O3. The Morgan fingerprint density at radius 3 is 2.88 bits per heavy atom. The van der Waals surface area contributed by atoms with E-state index in [1.165, 1.54) is 12.8 Å². The van der Waals surface area contributed by atoms with Crippen LogP contribution >= 0.6 is 0 Å². The van der Waals surface area contributed by atoms with Crippen LogP contribution in [0, 0.1) is 0 Å². The summed E-state index contributed by atoms with van der Waals surface area (Å²) in [7, 11) is 0. The van der Waals surface area contributed by atoms with Crippen molar-refractivity contribution < 1.29 is 14.3 Å². The summed E-state index contributed by atoms with van der Waals surface area (Å²) in [5.41, 5.74) is 0. The largest absolute Gasteiger partial charge is 0.493 e. The molecule has 5 heteroatoms. The standard InChI is InChI=1S/C19H28N2O3/c1-2-6-16-14-23-15-17-13-20(10-11-21(16)17)19(22)9-12-24-18-7-4-3-5-8-18/h3-5,7-8,16-17H,2,6,9-15H2,1H3/t16-,17+/m0/s1. The molecule has 1 aromatic rings. The van der Waals surface area contributed by atoms with Gasteiger partial charge < -0.3 is 14.4 Å². The SMILES string of the molecule is CCC[C@H]1COC[C@H]2CN(C(=O)CCOc3ccccc3)CCN12. The summed E-state index contributed by atoms with van der Waals surface area (Å²) in [5.74, 6) is 1.00. The van der Waals surface area contributed by atoms with E-state index in [0.29, 0.717) is 25.1 Å². The average Bonchev–Trinajstić information content (AvgIpc) is 2.62. The minimum absolute atomic E-state index is 0.184. The van der Waals surface area contributed by atoms with Crippen LogP contribution in [0.15, 0.2) is 30.3 Å². The summed E-state index contributed by atoms with van der Waals surface area (Å²) in [6.45, 7) is 6.79. The van der Waals surface area contributed by atoms with E-state index in [9.17, 15) is 4.79 Å². The van der Waals surface area contributed by atoms with Gasteiger partial charge in [-0.25, -0.2) is 0 Å². The van der Waals surface area contributed by atoms with Crippen LogP contribution in [0.5, 0.6) is 5.75 Å². The minimum Gasteiger partial charge on any atom is -0.493 e. The van der Waals surface area contributed by atoms with Gasteiger partial charge in [0, 0.05) is 25.7 Å². The van der Waals surface area contributed by atoms with Crippen LogP contribution in [0.4, 0.5) is 0 Å². The maximum absolute atomic E-state index is 12.5. The van der Waals surface area contributed by atoms with Gasteiger partial charge in [-0.15, -0.1) is 0 Å². The lowest BCUT2D eigenvalue weighted by Gasteiger charge is -2.48. The molecule has 5 nitrogen and oxygen atoms in total. The molecule has 2 aliphatic rings. The zero-order chi connectivity index (χ0) is 16.8. The number of fused-ring (bicyclic) bond motifs is 1. The number of morpholine rings is 1. The molecule has 2 saturated heterocycles. The first kappa shape index (κ1) is 17.2. The van der Waals surface area contributed by atoms with E-state index >= 15 is 0 Å². The van der Waals surface area contributed by atoms with Gasteiger partial charge in [0.05, 0.1) is 32.3 Å². The molecule has 0 N–H and O–H groups in total. The first-order valence-corrected chi connectivity index (χ1v) is 9.07. The number of carbonyl (C=O) groups excluding carboxylic acids is 1. The number of ether oxygens (including phenoxy) is 2. The number of piperazine rings is 1. The fraction of sp³-hybridized carbons (Fsp3) is 0.632. The van der Waals surface area contributed by atoms with Crippen LogP contribution < -0.4 is 4.74 Å². The quantitative estimate of drug-likeness (QED) is 0.801. The van der Waals surface area contributed by atoms with Gasteiger partial charge in [0.15, 0.2) is 0 Å². The Balaban J connectivity index is 1.45. The molecule has 0 radical (unpaired) electrons. The number of carbonyl (C=O) groups is 1. The Hall–Kier alpha value is -1.59. The fourth-order valence-electron chi connectivity index (χ4n) is 3.67. The number of benzene rings is 1. The smallest absolute Gasteiger partial charge is 0.226 e. The average molecular weight is 332 g/mol. The van der Waals surface area contributed by atoms with Crippen LogP contribution in [0.25, 0.3) is 0 Å². The zero-order valence-corrected chi connectivity index (χ0v) is 14.5. The van der Waals surface area contributed by atoms with Crippen LogP contribution in [0.3, 0.4) is 0 Å². The van der Waals surface area contributed by atoms with E-state index in [2.05, 4.69) is 11.8 Å². The van der Waals surface area contributed by atoms with E-state index in [1.807, 2.05) is 35.2 Å². The molecule has 1 aromatic carbocycles. The topological polar surface area (TPSA) is 42.0 Å². The van der Waals surface area contributed by atoms with Crippen LogP contribution in [-0.2, 0) is 9.53 Å². The zero-order valence-electron chi connectivity index (χ0n) is 14.5. The summed E-state index contributed by atoms with van der Waals surface area (Å²) >= 11 is 0. The molecule has 3 rings (SSSR count). The lowest BCUT2D eigenvalue weighted by Crippen LogP contribution is -2.62. The van der Waals surface area contributed by atoms with Gasteiger partial charge in [0.25, 0.3) is 0 Å². The molecule has 2 heterocycles. The van der Waals surface area contributed by atoms with Gasteiger partial charge in [-0.3, -0.25) is 9.69 Å². The van der Waals surface area contributed by atoms with E-state index in [4.69, 9.17) is 9.47 Å². The van der Waals surface area contributed by atoms with Crippen molar-refractivity contribution in [1.82, 2.24) is 9.80 Å². The van der Waals surface area contributed by atoms with Gasteiger partial charge >= 0.3 is 0 Å². The lowest BCUT2D eigenvalue weighted by molar-refractivity contribution is -0.140. The number of amides is 1. The highest BCUT2D eigenvalue weighted by molar-refractivity contribution is 5.76. The first-order valence-electron chi connectivity index (χ1n) is 9.07. The second-order valence-electron chi connectivity index (χ2n) is 6.62. The van der Waals surface area contributed by atoms with Gasteiger partial charge in [-0.1, -0.05) is 31.5 Å². The molecule has 0 bridgehead atoms. The third kappa shape index (κ3) is 4.28. The highest BCUT2D eigenvalue weighted by Gasteiger charge is 2.36. The number of para-hydroxylation sites is 1. The minimum atomic E-state index is 0.184. The molecule has 0 aliphatic carbocycles. The van der Waals surface area contributed by atoms with Crippen molar-refractivity contribution in [3.05, 3.63) is 30.3 Å². The highest BCUT2D eigenvalue weighted by Crippen LogP contribution is 2.22. The monoisotopic (exact) mass is 332 g/mol. The lowest BCUT2D eigenvalue weighted by atomic mass is 10.0. The molecule has 0 saturated carbocycles. The fourth-order valence-corrected chi connectivity index (χ4v) is 3.67. The van der Waals surface area contributed by atoms with E-state index in [0.717, 1.165) is 38.6 Å². The Bertz CT molecular complexity index is 521. The molecule has 24 heavy (non-hydrogen) atoms. The highest BCUT2D eigenvalue weighted by atomic mass is 16.5. The summed E-state index contributed by atoms with van der Waals surface area (Å²) in [6.07, 6.45) is 2.78. The maximum Gasteiger partial charge on any atom is 0.226 e. The third-order valence-corrected chi connectivity index (χ3v) is 4.92. The molecule has 2 fully saturated rings. The van der Waals surface area contributed by atoms with Crippen molar-refractivity contribution in [2.45, 2.75) is 38.3 Å². The van der Waals surface area contributed by atoms with Crippen LogP contribution in [0.2, 0.25) is 0 Å². The molecule has 2 aliphatic heterocycles. The van der Waals surface area contributed by atoms with Gasteiger partial charge in [-0.05, 0) is 18.6 Å². The third-order valence-electron chi connectivity index (χ3n) is 4.92.